The van der Waals surface area contributed by atoms with Gasteiger partial charge in [0.2, 0.25) is 0 Å². The van der Waals surface area contributed by atoms with E-state index in [2.05, 4.69) is 50.3 Å². The van der Waals surface area contributed by atoms with Crippen molar-refractivity contribution >= 4 is 30.5 Å². The quantitative estimate of drug-likeness (QED) is 0.885. The normalized spacial score (nSPS) is 20.3. The van der Waals surface area contributed by atoms with Gasteiger partial charge in [0.25, 0.3) is 0 Å². The Morgan fingerprint density at radius 3 is 2.09 bits per heavy atom. The van der Waals surface area contributed by atoms with Crippen molar-refractivity contribution in [1.82, 2.24) is 15.1 Å². The van der Waals surface area contributed by atoms with Gasteiger partial charge in [-0.1, -0.05) is 18.2 Å². The van der Waals surface area contributed by atoms with Gasteiger partial charge in [0.05, 0.1) is 0 Å². The molecule has 23 heavy (non-hydrogen) atoms. The fourth-order valence-electron chi connectivity index (χ4n) is 3.28. The average molecular weight is 361 g/mol. The smallest absolute Gasteiger partial charge is 0.0367 e. The summed E-state index contributed by atoms with van der Waals surface area (Å²) in [5, 5.41) is 3.48. The third kappa shape index (κ3) is 6.48. The van der Waals surface area contributed by atoms with E-state index in [0.29, 0.717) is 0 Å². The SMILES string of the molecule is Cl.Cl.c1ccc(N2CCN(CCN3CCCNCC3)CC2)cc1. The van der Waals surface area contributed by atoms with E-state index in [1.807, 2.05) is 0 Å². The number of para-hydroxylation sites is 1. The summed E-state index contributed by atoms with van der Waals surface area (Å²) in [5.41, 5.74) is 1.37. The minimum atomic E-state index is 0. The molecule has 2 aliphatic heterocycles. The standard InChI is InChI=1S/C17H28N4.2ClH/c1-2-5-17(6-3-1)21-15-13-20(14-16-21)12-11-19-9-4-7-18-8-10-19;;/h1-3,5-6,18H,4,7-16H2;2*1H. The Hall–Kier alpha value is -0.520. The van der Waals surface area contributed by atoms with E-state index in [9.17, 15) is 0 Å². The first-order chi connectivity index (χ1) is 10.4. The van der Waals surface area contributed by atoms with Gasteiger partial charge in [0, 0.05) is 58.0 Å². The molecule has 0 amide bonds. The fourth-order valence-corrected chi connectivity index (χ4v) is 3.28. The van der Waals surface area contributed by atoms with E-state index in [1.165, 1.54) is 57.9 Å². The van der Waals surface area contributed by atoms with Crippen LogP contribution in [0.1, 0.15) is 6.42 Å². The molecule has 0 spiro atoms. The second-order valence-corrected chi connectivity index (χ2v) is 6.11. The molecule has 1 aromatic rings. The summed E-state index contributed by atoms with van der Waals surface area (Å²) < 4.78 is 0. The lowest BCUT2D eigenvalue weighted by Gasteiger charge is -2.37. The summed E-state index contributed by atoms with van der Waals surface area (Å²) in [7, 11) is 0. The lowest BCUT2D eigenvalue weighted by atomic mass is 10.2. The largest absolute Gasteiger partial charge is 0.369 e. The number of nitrogens with zero attached hydrogens (tertiary/aromatic N) is 3. The van der Waals surface area contributed by atoms with E-state index >= 15 is 0 Å². The maximum absolute atomic E-state index is 3.48. The van der Waals surface area contributed by atoms with E-state index < -0.39 is 0 Å². The molecule has 4 nitrogen and oxygen atoms in total. The first-order valence-corrected chi connectivity index (χ1v) is 8.37. The highest BCUT2D eigenvalue weighted by atomic mass is 35.5. The Kier molecular flexibility index (Phi) is 9.91. The Balaban J connectivity index is 0.00000132. The van der Waals surface area contributed by atoms with E-state index in [0.717, 1.165) is 19.6 Å². The van der Waals surface area contributed by atoms with Gasteiger partial charge in [-0.15, -0.1) is 24.8 Å². The molecule has 6 heteroatoms. The highest BCUT2D eigenvalue weighted by molar-refractivity contribution is 5.85. The first kappa shape index (κ1) is 20.5. The topological polar surface area (TPSA) is 21.8 Å². The van der Waals surface area contributed by atoms with Crippen molar-refractivity contribution in [2.75, 3.05) is 70.3 Å². The molecule has 0 aromatic heterocycles. The monoisotopic (exact) mass is 360 g/mol. The number of anilines is 1. The van der Waals surface area contributed by atoms with Crippen molar-refractivity contribution in [3.05, 3.63) is 30.3 Å². The van der Waals surface area contributed by atoms with Crippen LogP contribution in [-0.2, 0) is 0 Å². The second-order valence-electron chi connectivity index (χ2n) is 6.11. The highest BCUT2D eigenvalue weighted by Crippen LogP contribution is 2.15. The molecule has 1 N–H and O–H groups in total. The van der Waals surface area contributed by atoms with Gasteiger partial charge in [0.15, 0.2) is 0 Å². The van der Waals surface area contributed by atoms with Crippen molar-refractivity contribution in [3.8, 4) is 0 Å². The number of hydrogen-bond donors (Lipinski definition) is 1. The average Bonchev–Trinajstić information content (AvgIpc) is 2.83. The second kappa shape index (κ2) is 11.1. The molecule has 0 aliphatic carbocycles. The molecule has 0 radical (unpaired) electrons. The molecule has 0 bridgehead atoms. The molecule has 2 aliphatic rings. The van der Waals surface area contributed by atoms with Crippen molar-refractivity contribution in [2.45, 2.75) is 6.42 Å². The first-order valence-electron chi connectivity index (χ1n) is 8.37. The number of halogens is 2. The summed E-state index contributed by atoms with van der Waals surface area (Å²) in [6.45, 7) is 12.0. The number of piperazine rings is 1. The molecular formula is C17H30Cl2N4. The van der Waals surface area contributed by atoms with E-state index in [-0.39, 0.29) is 24.8 Å². The van der Waals surface area contributed by atoms with E-state index in [4.69, 9.17) is 0 Å². The van der Waals surface area contributed by atoms with Crippen LogP contribution in [0.25, 0.3) is 0 Å². The number of nitrogens with one attached hydrogen (secondary N) is 1. The Morgan fingerprint density at radius 1 is 0.739 bits per heavy atom. The summed E-state index contributed by atoms with van der Waals surface area (Å²) in [5.74, 6) is 0. The van der Waals surface area contributed by atoms with Crippen molar-refractivity contribution in [3.63, 3.8) is 0 Å². The number of rotatable bonds is 4. The number of benzene rings is 1. The van der Waals surface area contributed by atoms with Crippen LogP contribution in [0.15, 0.2) is 30.3 Å². The molecule has 0 saturated carbocycles. The number of hydrogen-bond acceptors (Lipinski definition) is 4. The zero-order chi connectivity index (χ0) is 14.3. The van der Waals surface area contributed by atoms with E-state index in [1.54, 1.807) is 0 Å². The highest BCUT2D eigenvalue weighted by Gasteiger charge is 2.17. The maximum Gasteiger partial charge on any atom is 0.0367 e. The molecule has 0 atom stereocenters. The summed E-state index contributed by atoms with van der Waals surface area (Å²) >= 11 is 0. The fraction of sp³-hybridized carbons (Fsp3) is 0.647. The van der Waals surface area contributed by atoms with Gasteiger partial charge in [-0.25, -0.2) is 0 Å². The van der Waals surface area contributed by atoms with Gasteiger partial charge >= 0.3 is 0 Å². The predicted molar refractivity (Wildman–Crippen MR) is 104 cm³/mol. The van der Waals surface area contributed by atoms with Gasteiger partial charge in [0.1, 0.15) is 0 Å². The molecule has 2 saturated heterocycles. The Labute approximate surface area is 153 Å². The third-order valence-corrected chi connectivity index (χ3v) is 4.66. The molecule has 0 unspecified atom stereocenters. The van der Waals surface area contributed by atoms with Crippen LogP contribution in [0.3, 0.4) is 0 Å². The van der Waals surface area contributed by atoms with Crippen LogP contribution in [0.5, 0.6) is 0 Å². The lowest BCUT2D eigenvalue weighted by molar-refractivity contribution is 0.202. The van der Waals surface area contributed by atoms with Crippen molar-refractivity contribution in [2.24, 2.45) is 0 Å². The Bertz CT molecular complexity index is 402. The molecule has 2 fully saturated rings. The van der Waals surface area contributed by atoms with Crippen LogP contribution in [0.4, 0.5) is 5.69 Å². The summed E-state index contributed by atoms with van der Waals surface area (Å²) in [6.07, 6.45) is 1.29. The lowest BCUT2D eigenvalue weighted by Crippen LogP contribution is -2.48. The zero-order valence-electron chi connectivity index (χ0n) is 13.8. The van der Waals surface area contributed by atoms with Crippen LogP contribution < -0.4 is 10.2 Å². The minimum Gasteiger partial charge on any atom is -0.369 e. The van der Waals surface area contributed by atoms with Crippen molar-refractivity contribution < 1.29 is 0 Å². The van der Waals surface area contributed by atoms with Crippen LogP contribution in [0, 0.1) is 0 Å². The van der Waals surface area contributed by atoms with Crippen molar-refractivity contribution in [1.29, 1.82) is 0 Å². The van der Waals surface area contributed by atoms with Crippen LogP contribution in [0.2, 0.25) is 0 Å². The molecule has 3 rings (SSSR count). The Morgan fingerprint density at radius 2 is 1.39 bits per heavy atom. The molecule has 2 heterocycles. The van der Waals surface area contributed by atoms with Gasteiger partial charge in [-0.05, 0) is 31.6 Å². The van der Waals surface area contributed by atoms with Crippen LogP contribution in [-0.4, -0.2) is 75.2 Å². The third-order valence-electron chi connectivity index (χ3n) is 4.66. The minimum absolute atomic E-state index is 0. The molecule has 132 valence electrons. The molecular weight excluding hydrogens is 331 g/mol. The predicted octanol–water partition coefficient (Wildman–Crippen LogP) is 1.95. The molecule has 1 aromatic carbocycles. The van der Waals surface area contributed by atoms with Crippen LogP contribution >= 0.6 is 24.8 Å². The summed E-state index contributed by atoms with van der Waals surface area (Å²) in [6, 6.07) is 10.8. The van der Waals surface area contributed by atoms with Gasteiger partial charge in [-0.2, -0.15) is 0 Å². The van der Waals surface area contributed by atoms with Gasteiger partial charge < -0.3 is 15.1 Å². The summed E-state index contributed by atoms with van der Waals surface area (Å²) in [4.78, 5) is 7.74. The maximum atomic E-state index is 3.48. The zero-order valence-corrected chi connectivity index (χ0v) is 15.5. The van der Waals surface area contributed by atoms with Gasteiger partial charge in [-0.3, -0.25) is 4.90 Å².